The Labute approximate surface area is 69.6 Å². The van der Waals surface area contributed by atoms with E-state index in [0.717, 1.165) is 4.88 Å². The van der Waals surface area contributed by atoms with E-state index in [4.69, 9.17) is 0 Å². The normalized spacial score (nSPS) is 10.6. The number of hydrogen-bond donors (Lipinski definition) is 0. The Kier molecular flexibility index (Phi) is 2.98. The first-order chi connectivity index (χ1) is 5.34. The first kappa shape index (κ1) is 8.14. The van der Waals surface area contributed by atoms with Crippen molar-refractivity contribution in [3.63, 3.8) is 0 Å². The number of carbonyl (C=O) groups excluding carboxylic acids is 1. The van der Waals surface area contributed by atoms with E-state index in [-0.39, 0.29) is 5.78 Å². The molecule has 0 amide bonds. The summed E-state index contributed by atoms with van der Waals surface area (Å²) >= 11 is 1.47. The third kappa shape index (κ3) is 2.27. The first-order valence-corrected chi connectivity index (χ1v) is 4.20. The molecule has 0 radical (unpaired) electrons. The molecule has 1 aromatic heterocycles. The van der Waals surface area contributed by atoms with E-state index in [9.17, 15) is 4.79 Å². The summed E-state index contributed by atoms with van der Waals surface area (Å²) in [7, 11) is 1.67. The van der Waals surface area contributed by atoms with Gasteiger partial charge in [-0.1, -0.05) is 6.07 Å². The van der Waals surface area contributed by atoms with Gasteiger partial charge in [-0.2, -0.15) is 0 Å². The summed E-state index contributed by atoms with van der Waals surface area (Å²) in [5.41, 5.74) is 0. The lowest BCUT2D eigenvalue weighted by molar-refractivity contribution is 0.101. The van der Waals surface area contributed by atoms with Crippen LogP contribution in [0.4, 0.5) is 0 Å². The molecule has 1 rings (SSSR count). The Bertz CT molecular complexity index is 251. The number of aliphatic imine (C=N–C) groups is 1. The Morgan fingerprint density at radius 1 is 1.82 bits per heavy atom. The molecular weight excluding hydrogens is 158 g/mol. The number of rotatable bonds is 3. The molecule has 0 aliphatic carbocycles. The second kappa shape index (κ2) is 4.03. The van der Waals surface area contributed by atoms with Crippen LogP contribution in [0.3, 0.4) is 0 Å². The Balaban J connectivity index is 2.56. The molecule has 0 N–H and O–H groups in total. The molecule has 0 aliphatic rings. The maximum absolute atomic E-state index is 11.2. The van der Waals surface area contributed by atoms with Crippen LogP contribution in [-0.2, 0) is 0 Å². The fourth-order valence-electron chi connectivity index (χ4n) is 0.712. The topological polar surface area (TPSA) is 29.4 Å². The van der Waals surface area contributed by atoms with E-state index in [1.807, 2.05) is 17.5 Å². The van der Waals surface area contributed by atoms with Gasteiger partial charge in [0.1, 0.15) is 0 Å². The van der Waals surface area contributed by atoms with E-state index in [2.05, 4.69) is 4.99 Å². The quantitative estimate of drug-likeness (QED) is 0.500. The van der Waals surface area contributed by atoms with Gasteiger partial charge in [0.25, 0.3) is 0 Å². The zero-order valence-electron chi connectivity index (χ0n) is 6.28. The molecule has 0 spiro atoms. The first-order valence-electron chi connectivity index (χ1n) is 3.32. The summed E-state index contributed by atoms with van der Waals surface area (Å²) in [4.78, 5) is 15.7. The Morgan fingerprint density at radius 3 is 3.18 bits per heavy atom. The fourth-order valence-corrected chi connectivity index (χ4v) is 1.39. The number of ketones is 1. The van der Waals surface area contributed by atoms with Crippen LogP contribution in [0.25, 0.3) is 0 Å². The van der Waals surface area contributed by atoms with Crippen molar-refractivity contribution in [1.29, 1.82) is 0 Å². The van der Waals surface area contributed by atoms with Gasteiger partial charge in [-0.25, -0.2) is 0 Å². The molecule has 11 heavy (non-hydrogen) atoms. The van der Waals surface area contributed by atoms with Gasteiger partial charge in [-0.15, -0.1) is 11.3 Å². The van der Waals surface area contributed by atoms with Crippen LogP contribution >= 0.6 is 11.3 Å². The number of thiophene rings is 1. The molecule has 3 heteroatoms. The van der Waals surface area contributed by atoms with Gasteiger partial charge < -0.3 is 4.99 Å². The highest BCUT2D eigenvalue weighted by Crippen LogP contribution is 2.09. The second-order valence-electron chi connectivity index (χ2n) is 2.05. The van der Waals surface area contributed by atoms with E-state index < -0.39 is 0 Å². The molecule has 0 aliphatic heterocycles. The molecule has 0 fully saturated rings. The number of nitrogens with zero attached hydrogens (tertiary/aromatic N) is 1. The van der Waals surface area contributed by atoms with Gasteiger partial charge in [-0.3, -0.25) is 4.79 Å². The maximum Gasteiger partial charge on any atom is 0.178 e. The monoisotopic (exact) mass is 167 g/mol. The molecule has 2 nitrogen and oxygen atoms in total. The third-order valence-electron chi connectivity index (χ3n) is 1.26. The maximum atomic E-state index is 11.2. The average Bonchev–Trinajstić information content (AvgIpc) is 2.52. The van der Waals surface area contributed by atoms with Crippen LogP contribution in [0, 0.1) is 0 Å². The molecule has 0 bridgehead atoms. The van der Waals surface area contributed by atoms with Gasteiger partial charge >= 0.3 is 0 Å². The summed E-state index contributed by atoms with van der Waals surface area (Å²) in [5.74, 6) is 0.144. The van der Waals surface area contributed by atoms with Crippen molar-refractivity contribution in [2.24, 2.45) is 4.99 Å². The second-order valence-corrected chi connectivity index (χ2v) is 2.99. The summed E-state index contributed by atoms with van der Waals surface area (Å²) in [6.07, 6.45) is 2.04. The molecule has 0 aromatic carbocycles. The number of carbonyl (C=O) groups is 1. The fraction of sp³-hybridized carbons (Fsp3) is 0.250. The summed E-state index contributed by atoms with van der Waals surface area (Å²) in [6, 6.07) is 3.71. The largest absolute Gasteiger partial charge is 0.300 e. The number of Topliss-reactive ketones (excluding diaryl/α,β-unsaturated/α-hetero) is 1. The molecule has 58 valence electrons. The molecule has 0 atom stereocenters. The van der Waals surface area contributed by atoms with E-state index in [0.29, 0.717) is 6.42 Å². The van der Waals surface area contributed by atoms with Crippen LogP contribution in [0.15, 0.2) is 22.5 Å². The molecule has 0 unspecified atom stereocenters. The molecule has 0 saturated heterocycles. The zero-order chi connectivity index (χ0) is 8.10. The predicted molar refractivity (Wildman–Crippen MR) is 47.7 cm³/mol. The van der Waals surface area contributed by atoms with Crippen molar-refractivity contribution in [3.8, 4) is 0 Å². The van der Waals surface area contributed by atoms with Crippen LogP contribution in [0.5, 0.6) is 0 Å². The molecule has 0 saturated carbocycles. The molecule has 1 aromatic rings. The summed E-state index contributed by atoms with van der Waals surface area (Å²) in [6.45, 7) is 0. The van der Waals surface area contributed by atoms with Crippen molar-refractivity contribution in [1.82, 2.24) is 0 Å². The molecular formula is C8H9NOS. The average molecular weight is 167 g/mol. The van der Waals surface area contributed by atoms with Crippen molar-refractivity contribution < 1.29 is 4.79 Å². The highest BCUT2D eigenvalue weighted by molar-refractivity contribution is 7.12. The predicted octanol–water partition coefficient (Wildman–Crippen LogP) is 2.02. The van der Waals surface area contributed by atoms with Crippen molar-refractivity contribution in [2.45, 2.75) is 6.42 Å². The van der Waals surface area contributed by atoms with E-state index in [1.54, 1.807) is 13.3 Å². The smallest absolute Gasteiger partial charge is 0.178 e. The lowest BCUT2D eigenvalue weighted by Crippen LogP contribution is -1.95. The minimum Gasteiger partial charge on any atom is -0.300 e. The van der Waals surface area contributed by atoms with Gasteiger partial charge in [0, 0.05) is 19.7 Å². The minimum atomic E-state index is 0.144. The van der Waals surface area contributed by atoms with Gasteiger partial charge in [0.15, 0.2) is 5.78 Å². The SMILES string of the molecule is CN=CCC(=O)c1cccs1. The highest BCUT2D eigenvalue weighted by atomic mass is 32.1. The van der Waals surface area contributed by atoms with Gasteiger partial charge in [0.2, 0.25) is 0 Å². The summed E-state index contributed by atoms with van der Waals surface area (Å²) < 4.78 is 0. The van der Waals surface area contributed by atoms with Crippen LogP contribution in [-0.4, -0.2) is 19.0 Å². The van der Waals surface area contributed by atoms with Crippen molar-refractivity contribution in [2.75, 3.05) is 7.05 Å². The van der Waals surface area contributed by atoms with Crippen molar-refractivity contribution in [3.05, 3.63) is 22.4 Å². The Morgan fingerprint density at radius 2 is 2.64 bits per heavy atom. The lowest BCUT2D eigenvalue weighted by Gasteiger charge is -1.88. The van der Waals surface area contributed by atoms with Crippen molar-refractivity contribution >= 4 is 23.3 Å². The lowest BCUT2D eigenvalue weighted by atomic mass is 10.2. The summed E-state index contributed by atoms with van der Waals surface area (Å²) in [5, 5.41) is 1.90. The molecule has 1 heterocycles. The number of hydrogen-bond acceptors (Lipinski definition) is 3. The minimum absolute atomic E-state index is 0.144. The highest BCUT2D eigenvalue weighted by Gasteiger charge is 2.02. The Hall–Kier alpha value is -0.960. The van der Waals surface area contributed by atoms with Crippen LogP contribution in [0.2, 0.25) is 0 Å². The zero-order valence-corrected chi connectivity index (χ0v) is 7.10. The van der Waals surface area contributed by atoms with Gasteiger partial charge in [-0.05, 0) is 11.4 Å². The van der Waals surface area contributed by atoms with Crippen LogP contribution in [0.1, 0.15) is 16.1 Å². The standard InChI is InChI=1S/C8H9NOS/c1-9-5-4-7(10)8-3-2-6-11-8/h2-3,5-6H,4H2,1H3. The van der Waals surface area contributed by atoms with Crippen LogP contribution < -0.4 is 0 Å². The third-order valence-corrected chi connectivity index (χ3v) is 2.17. The van der Waals surface area contributed by atoms with E-state index in [1.165, 1.54) is 11.3 Å². The van der Waals surface area contributed by atoms with E-state index >= 15 is 0 Å². The van der Waals surface area contributed by atoms with Gasteiger partial charge in [0.05, 0.1) is 4.88 Å².